The molecule has 0 amide bonds. The summed E-state index contributed by atoms with van der Waals surface area (Å²) in [5.41, 5.74) is -1.41. The van der Waals surface area contributed by atoms with Gasteiger partial charge in [-0.1, -0.05) is 0 Å². The predicted molar refractivity (Wildman–Crippen MR) is 46.7 cm³/mol. The van der Waals surface area contributed by atoms with E-state index in [0.717, 1.165) is 6.20 Å². The zero-order valence-electron chi connectivity index (χ0n) is 8.54. The van der Waals surface area contributed by atoms with E-state index in [4.69, 9.17) is 9.52 Å². The number of oxazole rings is 1. The SMILES string of the molecule is CC(F)(F)c1cnc(C(C)(C)C(=O)O)o1. The quantitative estimate of drug-likeness (QED) is 0.845. The second kappa shape index (κ2) is 3.29. The molecule has 1 heterocycles. The average molecular weight is 219 g/mol. The van der Waals surface area contributed by atoms with Crippen molar-refractivity contribution in [2.24, 2.45) is 0 Å². The van der Waals surface area contributed by atoms with Gasteiger partial charge in [-0.05, 0) is 13.8 Å². The summed E-state index contributed by atoms with van der Waals surface area (Å²) < 4.78 is 30.3. The highest BCUT2D eigenvalue weighted by Gasteiger charge is 2.37. The van der Waals surface area contributed by atoms with Crippen LogP contribution in [0.25, 0.3) is 0 Å². The lowest BCUT2D eigenvalue weighted by molar-refractivity contribution is -0.143. The fourth-order valence-corrected chi connectivity index (χ4v) is 0.857. The van der Waals surface area contributed by atoms with E-state index < -0.39 is 23.1 Å². The molecule has 0 bridgehead atoms. The first kappa shape index (κ1) is 11.6. The monoisotopic (exact) mass is 219 g/mol. The molecule has 1 aromatic rings. The molecule has 0 saturated carbocycles. The van der Waals surface area contributed by atoms with Crippen molar-refractivity contribution in [3.8, 4) is 0 Å². The number of rotatable bonds is 3. The van der Waals surface area contributed by atoms with Gasteiger partial charge in [-0.25, -0.2) is 4.98 Å². The molecule has 0 aliphatic heterocycles. The average Bonchev–Trinajstić information content (AvgIpc) is 2.50. The van der Waals surface area contributed by atoms with Crippen LogP contribution in [0.15, 0.2) is 10.6 Å². The van der Waals surface area contributed by atoms with Gasteiger partial charge in [-0.2, -0.15) is 8.78 Å². The molecular formula is C9H11F2NO3. The van der Waals surface area contributed by atoms with E-state index in [2.05, 4.69) is 4.98 Å². The van der Waals surface area contributed by atoms with Gasteiger partial charge in [0.25, 0.3) is 0 Å². The number of hydrogen-bond donors (Lipinski definition) is 1. The Balaban J connectivity index is 3.10. The predicted octanol–water partition coefficient (Wildman–Crippen LogP) is 2.15. The lowest BCUT2D eigenvalue weighted by Crippen LogP contribution is -2.28. The Morgan fingerprint density at radius 3 is 2.33 bits per heavy atom. The molecule has 0 radical (unpaired) electrons. The number of aromatic nitrogens is 1. The maximum absolute atomic E-state index is 12.8. The minimum absolute atomic E-state index is 0.230. The number of alkyl halides is 2. The van der Waals surface area contributed by atoms with E-state index in [1.165, 1.54) is 13.8 Å². The van der Waals surface area contributed by atoms with E-state index >= 15 is 0 Å². The first-order valence-corrected chi connectivity index (χ1v) is 4.23. The van der Waals surface area contributed by atoms with Crippen LogP contribution in [-0.4, -0.2) is 16.1 Å². The molecule has 6 heteroatoms. The summed E-state index contributed by atoms with van der Waals surface area (Å²) in [6.45, 7) is 3.32. The van der Waals surface area contributed by atoms with Crippen LogP contribution in [0.5, 0.6) is 0 Å². The summed E-state index contributed by atoms with van der Waals surface area (Å²) in [5, 5.41) is 8.82. The molecule has 1 aromatic heterocycles. The molecule has 1 N–H and O–H groups in total. The molecule has 0 aliphatic rings. The van der Waals surface area contributed by atoms with Crippen molar-refractivity contribution in [2.45, 2.75) is 32.1 Å². The van der Waals surface area contributed by atoms with Crippen LogP contribution in [-0.2, 0) is 16.1 Å². The Labute approximate surface area is 84.9 Å². The van der Waals surface area contributed by atoms with Crippen molar-refractivity contribution < 1.29 is 23.1 Å². The number of halogens is 2. The van der Waals surface area contributed by atoms with Gasteiger partial charge in [0.05, 0.1) is 6.20 Å². The Morgan fingerprint density at radius 1 is 1.47 bits per heavy atom. The first-order chi connectivity index (χ1) is 6.65. The van der Waals surface area contributed by atoms with Gasteiger partial charge in [-0.15, -0.1) is 0 Å². The minimum atomic E-state index is -3.15. The summed E-state index contributed by atoms with van der Waals surface area (Å²) in [4.78, 5) is 14.3. The van der Waals surface area contributed by atoms with Crippen molar-refractivity contribution in [2.75, 3.05) is 0 Å². The second-order valence-electron chi connectivity index (χ2n) is 3.85. The molecular weight excluding hydrogens is 208 g/mol. The number of carboxylic acid groups (broad SMARTS) is 1. The molecule has 0 atom stereocenters. The smallest absolute Gasteiger partial charge is 0.318 e. The minimum Gasteiger partial charge on any atom is -0.480 e. The van der Waals surface area contributed by atoms with E-state index in [-0.39, 0.29) is 5.89 Å². The third-order valence-corrected chi connectivity index (χ3v) is 2.01. The van der Waals surface area contributed by atoms with E-state index in [9.17, 15) is 13.6 Å². The van der Waals surface area contributed by atoms with Crippen molar-refractivity contribution in [1.82, 2.24) is 4.98 Å². The van der Waals surface area contributed by atoms with Gasteiger partial charge < -0.3 is 9.52 Å². The van der Waals surface area contributed by atoms with Crippen molar-refractivity contribution in [3.05, 3.63) is 17.8 Å². The number of nitrogens with zero attached hydrogens (tertiary/aromatic N) is 1. The fourth-order valence-electron chi connectivity index (χ4n) is 0.857. The molecule has 0 aromatic carbocycles. The van der Waals surface area contributed by atoms with E-state index in [0.29, 0.717) is 6.92 Å². The van der Waals surface area contributed by atoms with Crippen LogP contribution in [0.1, 0.15) is 32.4 Å². The third-order valence-electron chi connectivity index (χ3n) is 2.01. The highest BCUT2D eigenvalue weighted by molar-refractivity contribution is 5.78. The number of hydrogen-bond acceptors (Lipinski definition) is 3. The van der Waals surface area contributed by atoms with E-state index in [1.807, 2.05) is 0 Å². The second-order valence-corrected chi connectivity index (χ2v) is 3.85. The summed E-state index contributed by atoms with van der Waals surface area (Å²) in [6.07, 6.45) is 0.847. The van der Waals surface area contributed by atoms with Gasteiger partial charge in [0, 0.05) is 6.92 Å². The van der Waals surface area contributed by atoms with Gasteiger partial charge >= 0.3 is 11.9 Å². The molecule has 0 aliphatic carbocycles. The molecule has 0 spiro atoms. The van der Waals surface area contributed by atoms with Crippen LogP contribution in [0.3, 0.4) is 0 Å². The normalized spacial score (nSPS) is 12.9. The maximum atomic E-state index is 12.8. The Bertz CT molecular complexity index is 379. The largest absolute Gasteiger partial charge is 0.480 e. The van der Waals surface area contributed by atoms with Crippen molar-refractivity contribution in [3.63, 3.8) is 0 Å². The topological polar surface area (TPSA) is 63.3 Å². The summed E-state index contributed by atoms with van der Waals surface area (Å²) in [5.74, 6) is -5.20. The zero-order chi connectivity index (χ0) is 11.9. The number of carbonyl (C=O) groups is 1. The lowest BCUT2D eigenvalue weighted by Gasteiger charge is -2.14. The molecule has 4 nitrogen and oxygen atoms in total. The third kappa shape index (κ3) is 2.14. The maximum Gasteiger partial charge on any atom is 0.318 e. The van der Waals surface area contributed by atoms with Gasteiger partial charge in [0.2, 0.25) is 5.89 Å². The Hall–Kier alpha value is -1.46. The van der Waals surface area contributed by atoms with Crippen LogP contribution >= 0.6 is 0 Å². The molecule has 84 valence electrons. The van der Waals surface area contributed by atoms with Crippen LogP contribution in [0, 0.1) is 0 Å². The van der Waals surface area contributed by atoms with Gasteiger partial charge in [0.15, 0.2) is 5.76 Å². The fraction of sp³-hybridized carbons (Fsp3) is 0.556. The standard InChI is InChI=1S/C9H11F2NO3/c1-8(2,7(13)14)6-12-4-5(15-6)9(3,10)11/h4H,1-3H3,(H,13,14). The van der Waals surface area contributed by atoms with Gasteiger partial charge in [-0.3, -0.25) is 4.79 Å². The first-order valence-electron chi connectivity index (χ1n) is 4.23. The lowest BCUT2D eigenvalue weighted by atomic mass is 9.94. The molecule has 1 rings (SSSR count). The molecule has 0 saturated heterocycles. The van der Waals surface area contributed by atoms with Crippen LogP contribution < -0.4 is 0 Å². The number of carboxylic acids is 1. The molecule has 15 heavy (non-hydrogen) atoms. The summed E-state index contributed by atoms with van der Waals surface area (Å²) in [7, 11) is 0. The molecule has 0 unspecified atom stereocenters. The molecule has 0 fully saturated rings. The highest BCUT2D eigenvalue weighted by Crippen LogP contribution is 2.31. The summed E-state index contributed by atoms with van der Waals surface area (Å²) in [6, 6.07) is 0. The van der Waals surface area contributed by atoms with Crippen LogP contribution in [0.4, 0.5) is 8.78 Å². The highest BCUT2D eigenvalue weighted by atomic mass is 19.3. The van der Waals surface area contributed by atoms with Crippen LogP contribution in [0.2, 0.25) is 0 Å². The van der Waals surface area contributed by atoms with Gasteiger partial charge in [0.1, 0.15) is 5.41 Å². The summed E-state index contributed by atoms with van der Waals surface area (Å²) >= 11 is 0. The number of aliphatic carboxylic acids is 1. The van der Waals surface area contributed by atoms with E-state index in [1.54, 1.807) is 0 Å². The van der Waals surface area contributed by atoms with Crippen molar-refractivity contribution in [1.29, 1.82) is 0 Å². The Morgan fingerprint density at radius 2 is 2.00 bits per heavy atom. The Kier molecular flexibility index (Phi) is 2.54. The zero-order valence-corrected chi connectivity index (χ0v) is 8.54. The van der Waals surface area contributed by atoms with Crippen molar-refractivity contribution >= 4 is 5.97 Å².